The van der Waals surface area contributed by atoms with Crippen molar-refractivity contribution in [3.63, 3.8) is 0 Å². The lowest BCUT2D eigenvalue weighted by Gasteiger charge is -2.56. The zero-order valence-corrected chi connectivity index (χ0v) is 12.0. The highest BCUT2D eigenvalue weighted by Crippen LogP contribution is 2.44. The molecule has 0 aromatic heterocycles. The van der Waals surface area contributed by atoms with E-state index in [2.05, 4.69) is 18.7 Å². The molecule has 1 aromatic carbocycles. The maximum Gasteiger partial charge on any atom is 0.328 e. The van der Waals surface area contributed by atoms with Gasteiger partial charge in [-0.3, -0.25) is 4.90 Å². The molecule has 1 N–H and O–H groups in total. The van der Waals surface area contributed by atoms with Crippen LogP contribution in [0.15, 0.2) is 30.3 Å². The average molecular weight is 261 g/mol. The summed E-state index contributed by atoms with van der Waals surface area (Å²) in [5, 5.41) is 9.70. The Labute approximate surface area is 115 Å². The second kappa shape index (κ2) is 4.97. The summed E-state index contributed by atoms with van der Waals surface area (Å²) in [6.45, 7) is 7.96. The molecule has 1 unspecified atom stereocenters. The van der Waals surface area contributed by atoms with Crippen molar-refractivity contribution in [1.29, 1.82) is 0 Å². The van der Waals surface area contributed by atoms with Gasteiger partial charge in [0, 0.05) is 13.1 Å². The van der Waals surface area contributed by atoms with Crippen molar-refractivity contribution in [3.8, 4) is 0 Å². The molecule has 0 amide bonds. The minimum atomic E-state index is -0.908. The van der Waals surface area contributed by atoms with Crippen molar-refractivity contribution in [3.05, 3.63) is 35.9 Å². The molecule has 19 heavy (non-hydrogen) atoms. The Morgan fingerprint density at radius 3 is 2.21 bits per heavy atom. The summed E-state index contributed by atoms with van der Waals surface area (Å²) in [4.78, 5) is 13.9. The fourth-order valence-electron chi connectivity index (χ4n) is 2.98. The zero-order valence-electron chi connectivity index (χ0n) is 12.0. The van der Waals surface area contributed by atoms with Crippen LogP contribution in [0, 0.1) is 5.41 Å². The van der Waals surface area contributed by atoms with Gasteiger partial charge in [-0.1, -0.05) is 44.2 Å². The first kappa shape index (κ1) is 14.1. The topological polar surface area (TPSA) is 40.5 Å². The molecule has 1 atom stereocenters. The summed E-state index contributed by atoms with van der Waals surface area (Å²) in [6.07, 6.45) is 2.23. The number of nitrogens with zero attached hydrogens (tertiary/aromatic N) is 1. The summed E-state index contributed by atoms with van der Waals surface area (Å²) in [7, 11) is 0. The second-order valence-electron chi connectivity index (χ2n) is 5.81. The number of aliphatic carboxylic acids is 1. The monoisotopic (exact) mass is 261 g/mol. The van der Waals surface area contributed by atoms with E-state index in [1.165, 1.54) is 0 Å². The van der Waals surface area contributed by atoms with Gasteiger partial charge < -0.3 is 5.11 Å². The van der Waals surface area contributed by atoms with Crippen molar-refractivity contribution in [1.82, 2.24) is 4.90 Å². The number of benzene rings is 1. The van der Waals surface area contributed by atoms with E-state index >= 15 is 0 Å². The van der Waals surface area contributed by atoms with Crippen LogP contribution >= 0.6 is 0 Å². The number of rotatable bonds is 5. The predicted octanol–water partition coefficient (Wildman–Crippen LogP) is 3.11. The van der Waals surface area contributed by atoms with Gasteiger partial charge in [-0.05, 0) is 30.7 Å². The van der Waals surface area contributed by atoms with Gasteiger partial charge in [-0.2, -0.15) is 0 Å². The van der Waals surface area contributed by atoms with Gasteiger partial charge in [-0.15, -0.1) is 0 Å². The van der Waals surface area contributed by atoms with Crippen molar-refractivity contribution < 1.29 is 9.90 Å². The molecule has 0 spiro atoms. The summed E-state index contributed by atoms with van der Waals surface area (Å²) in [6, 6.07) is 9.55. The number of hydrogen-bond donors (Lipinski definition) is 1. The van der Waals surface area contributed by atoms with E-state index in [-0.39, 0.29) is 0 Å². The Balaban J connectivity index is 2.27. The van der Waals surface area contributed by atoms with E-state index < -0.39 is 11.5 Å². The SMILES string of the molecule is CCC1(CC)CN(C(C)(C(=O)O)c2ccccc2)C1. The quantitative estimate of drug-likeness (QED) is 0.885. The highest BCUT2D eigenvalue weighted by Gasteiger charge is 2.52. The highest BCUT2D eigenvalue weighted by molar-refractivity contribution is 5.80. The van der Waals surface area contributed by atoms with Gasteiger partial charge >= 0.3 is 5.97 Å². The van der Waals surface area contributed by atoms with Crippen LogP contribution < -0.4 is 0 Å². The Kier molecular flexibility index (Phi) is 3.68. The Morgan fingerprint density at radius 2 is 1.79 bits per heavy atom. The second-order valence-corrected chi connectivity index (χ2v) is 5.81. The van der Waals surface area contributed by atoms with Gasteiger partial charge in [0.2, 0.25) is 0 Å². The van der Waals surface area contributed by atoms with Gasteiger partial charge in [-0.25, -0.2) is 4.79 Å². The molecule has 1 saturated heterocycles. The van der Waals surface area contributed by atoms with Crippen LogP contribution in [0.2, 0.25) is 0 Å². The molecule has 0 bridgehead atoms. The molecule has 1 aliphatic rings. The van der Waals surface area contributed by atoms with Crippen molar-refractivity contribution >= 4 is 5.97 Å². The van der Waals surface area contributed by atoms with E-state index in [1.54, 1.807) is 0 Å². The predicted molar refractivity (Wildman–Crippen MR) is 76.0 cm³/mol. The van der Waals surface area contributed by atoms with Gasteiger partial charge in [0.05, 0.1) is 0 Å². The summed E-state index contributed by atoms with van der Waals surface area (Å²) >= 11 is 0. The van der Waals surface area contributed by atoms with E-state index in [0.29, 0.717) is 5.41 Å². The van der Waals surface area contributed by atoms with Gasteiger partial charge in [0.1, 0.15) is 5.54 Å². The summed E-state index contributed by atoms with van der Waals surface area (Å²) < 4.78 is 0. The van der Waals surface area contributed by atoms with E-state index in [9.17, 15) is 9.90 Å². The molecule has 0 aliphatic carbocycles. The van der Waals surface area contributed by atoms with Gasteiger partial charge in [0.15, 0.2) is 0 Å². The molecular formula is C16H23NO2. The number of hydrogen-bond acceptors (Lipinski definition) is 2. The van der Waals surface area contributed by atoms with Crippen molar-refractivity contribution in [2.24, 2.45) is 5.41 Å². The Bertz CT molecular complexity index is 445. The van der Waals surface area contributed by atoms with E-state index in [0.717, 1.165) is 31.5 Å². The smallest absolute Gasteiger partial charge is 0.328 e. The first-order valence-electron chi connectivity index (χ1n) is 7.02. The lowest BCUT2D eigenvalue weighted by molar-refractivity contribution is -0.163. The Morgan fingerprint density at radius 1 is 1.26 bits per heavy atom. The number of carbonyl (C=O) groups is 1. The van der Waals surface area contributed by atoms with Crippen molar-refractivity contribution in [2.45, 2.75) is 39.2 Å². The van der Waals surface area contributed by atoms with Crippen LogP contribution in [0.4, 0.5) is 0 Å². The van der Waals surface area contributed by atoms with Crippen LogP contribution in [0.25, 0.3) is 0 Å². The molecular weight excluding hydrogens is 238 g/mol. The summed E-state index contributed by atoms with van der Waals surface area (Å²) in [5.74, 6) is -0.764. The van der Waals surface area contributed by atoms with E-state index in [1.807, 2.05) is 37.3 Å². The zero-order chi connectivity index (χ0) is 14.1. The average Bonchev–Trinajstić information content (AvgIpc) is 2.39. The molecule has 1 heterocycles. The van der Waals surface area contributed by atoms with Crippen LogP contribution in [0.1, 0.15) is 39.2 Å². The largest absolute Gasteiger partial charge is 0.480 e. The molecule has 0 radical (unpaired) electrons. The maximum atomic E-state index is 11.8. The lowest BCUT2D eigenvalue weighted by atomic mass is 9.71. The lowest BCUT2D eigenvalue weighted by Crippen LogP contribution is -2.65. The van der Waals surface area contributed by atoms with Gasteiger partial charge in [0.25, 0.3) is 0 Å². The molecule has 2 rings (SSSR count). The minimum absolute atomic E-state index is 0.311. The molecule has 1 fully saturated rings. The standard InChI is InChI=1S/C16H23NO2/c1-4-16(5-2)11-17(12-16)15(3,14(18)19)13-9-7-6-8-10-13/h6-10H,4-5,11-12H2,1-3H3,(H,18,19). The highest BCUT2D eigenvalue weighted by atomic mass is 16.4. The third-order valence-corrected chi connectivity index (χ3v) is 4.94. The number of likely N-dealkylation sites (tertiary alicyclic amines) is 1. The number of carboxylic acid groups (broad SMARTS) is 1. The molecule has 0 saturated carbocycles. The van der Waals surface area contributed by atoms with Crippen molar-refractivity contribution in [2.75, 3.05) is 13.1 Å². The summed E-state index contributed by atoms with van der Waals surface area (Å²) in [5.41, 5.74) is 0.268. The normalized spacial score (nSPS) is 21.4. The first-order chi connectivity index (χ1) is 8.98. The molecule has 3 nitrogen and oxygen atoms in total. The fraction of sp³-hybridized carbons (Fsp3) is 0.562. The molecule has 1 aliphatic heterocycles. The van der Waals surface area contributed by atoms with E-state index in [4.69, 9.17) is 0 Å². The molecule has 1 aromatic rings. The maximum absolute atomic E-state index is 11.8. The third-order valence-electron chi connectivity index (χ3n) is 4.94. The Hall–Kier alpha value is -1.35. The molecule has 104 valence electrons. The van der Waals surface area contributed by atoms with Crippen LogP contribution in [-0.4, -0.2) is 29.1 Å². The van der Waals surface area contributed by atoms with Crippen LogP contribution in [0.5, 0.6) is 0 Å². The molecule has 3 heteroatoms. The van der Waals surface area contributed by atoms with Crippen LogP contribution in [0.3, 0.4) is 0 Å². The fourth-order valence-corrected chi connectivity index (χ4v) is 2.98. The van der Waals surface area contributed by atoms with Crippen LogP contribution in [-0.2, 0) is 10.3 Å². The minimum Gasteiger partial charge on any atom is -0.480 e. The first-order valence-corrected chi connectivity index (χ1v) is 7.02. The number of carboxylic acids is 1. The third kappa shape index (κ3) is 2.16.